The van der Waals surface area contributed by atoms with Gasteiger partial charge in [-0.15, -0.1) is 0 Å². The molecule has 0 fully saturated rings. The van der Waals surface area contributed by atoms with Gasteiger partial charge in [0.15, 0.2) is 0 Å². The number of anilines is 3. The molecule has 1 heterocycles. The Kier molecular flexibility index (Phi) is 2.98. The van der Waals surface area contributed by atoms with Crippen molar-refractivity contribution in [3.8, 4) is 0 Å². The predicted octanol–water partition coefficient (Wildman–Crippen LogP) is -0.163. The molecule has 8 nitrogen and oxygen atoms in total. The molecule has 0 aliphatic heterocycles. The Morgan fingerprint density at radius 1 is 0.944 bits per heavy atom. The van der Waals surface area contributed by atoms with Gasteiger partial charge in [0.2, 0.25) is 17.8 Å². The largest absolute Gasteiger partial charge is 0.368 e. The van der Waals surface area contributed by atoms with Gasteiger partial charge in [-0.3, -0.25) is 0 Å². The lowest BCUT2D eigenvalue weighted by Gasteiger charge is -2.06. The van der Waals surface area contributed by atoms with E-state index in [1.807, 2.05) is 0 Å². The van der Waals surface area contributed by atoms with Gasteiger partial charge in [0.1, 0.15) is 0 Å². The van der Waals surface area contributed by atoms with Gasteiger partial charge in [-0.2, -0.15) is 15.0 Å². The number of nitrogen functional groups attached to an aromatic ring is 2. The van der Waals surface area contributed by atoms with Crippen LogP contribution in [-0.4, -0.2) is 23.4 Å². The van der Waals surface area contributed by atoms with Gasteiger partial charge in [-0.1, -0.05) is 18.2 Å². The van der Waals surface area contributed by atoms with Gasteiger partial charge in [-0.05, 0) is 12.1 Å². The molecule has 9 heteroatoms. The molecule has 0 amide bonds. The first-order valence-corrected chi connectivity index (χ1v) is 6.30. The summed E-state index contributed by atoms with van der Waals surface area (Å²) in [5.41, 5.74) is 10.7. The van der Waals surface area contributed by atoms with Crippen LogP contribution in [-0.2, 0) is 10.0 Å². The third-order valence-electron chi connectivity index (χ3n) is 1.95. The van der Waals surface area contributed by atoms with E-state index in [4.69, 9.17) is 11.5 Å². The van der Waals surface area contributed by atoms with Gasteiger partial charge in [0.25, 0.3) is 10.0 Å². The van der Waals surface area contributed by atoms with E-state index >= 15 is 0 Å². The number of nitrogens with two attached hydrogens (primary N) is 2. The SMILES string of the molecule is Nc1nc(N)nc(NS(=O)(=O)c2ccccc2)n1. The lowest BCUT2D eigenvalue weighted by Crippen LogP contribution is -2.16. The van der Waals surface area contributed by atoms with Crippen molar-refractivity contribution in [3.05, 3.63) is 30.3 Å². The quantitative estimate of drug-likeness (QED) is 0.701. The molecule has 0 radical (unpaired) electrons. The van der Waals surface area contributed by atoms with Crippen LogP contribution < -0.4 is 16.2 Å². The summed E-state index contributed by atoms with van der Waals surface area (Å²) >= 11 is 0. The predicted molar refractivity (Wildman–Crippen MR) is 65.9 cm³/mol. The molecule has 94 valence electrons. The summed E-state index contributed by atoms with van der Waals surface area (Å²) in [5.74, 6) is -0.537. The lowest BCUT2D eigenvalue weighted by molar-refractivity contribution is 0.601. The minimum Gasteiger partial charge on any atom is -0.368 e. The molecule has 0 aliphatic rings. The van der Waals surface area contributed by atoms with Crippen molar-refractivity contribution in [1.82, 2.24) is 15.0 Å². The molecule has 0 spiro atoms. The smallest absolute Gasteiger partial charge is 0.264 e. The van der Waals surface area contributed by atoms with Crippen LogP contribution in [0.5, 0.6) is 0 Å². The molecule has 0 bridgehead atoms. The fourth-order valence-electron chi connectivity index (χ4n) is 1.23. The lowest BCUT2D eigenvalue weighted by atomic mass is 10.4. The molecule has 1 aromatic carbocycles. The summed E-state index contributed by atoms with van der Waals surface area (Å²) in [7, 11) is -3.76. The van der Waals surface area contributed by atoms with E-state index < -0.39 is 10.0 Å². The maximum absolute atomic E-state index is 11.9. The number of aromatic nitrogens is 3. The van der Waals surface area contributed by atoms with Crippen LogP contribution in [0.25, 0.3) is 0 Å². The van der Waals surface area contributed by atoms with E-state index in [0.717, 1.165) is 0 Å². The zero-order valence-electron chi connectivity index (χ0n) is 9.11. The third kappa shape index (κ3) is 2.63. The van der Waals surface area contributed by atoms with Crippen LogP contribution in [0.2, 0.25) is 0 Å². The monoisotopic (exact) mass is 266 g/mol. The van der Waals surface area contributed by atoms with Gasteiger partial charge in [0.05, 0.1) is 4.90 Å². The highest BCUT2D eigenvalue weighted by atomic mass is 32.2. The van der Waals surface area contributed by atoms with Crippen LogP contribution in [0.1, 0.15) is 0 Å². The molecule has 0 aliphatic carbocycles. The Morgan fingerprint density at radius 3 is 2.06 bits per heavy atom. The van der Waals surface area contributed by atoms with Gasteiger partial charge in [-0.25, -0.2) is 13.1 Å². The summed E-state index contributed by atoms with van der Waals surface area (Å²) in [5, 5.41) is 0. The van der Waals surface area contributed by atoms with Crippen molar-refractivity contribution in [2.45, 2.75) is 4.90 Å². The molecule has 5 N–H and O–H groups in total. The zero-order chi connectivity index (χ0) is 13.2. The highest BCUT2D eigenvalue weighted by molar-refractivity contribution is 7.92. The molecule has 0 unspecified atom stereocenters. The van der Waals surface area contributed by atoms with E-state index in [2.05, 4.69) is 19.7 Å². The number of nitrogens with zero attached hydrogens (tertiary/aromatic N) is 3. The highest BCUT2D eigenvalue weighted by Crippen LogP contribution is 2.13. The van der Waals surface area contributed by atoms with E-state index in [-0.39, 0.29) is 22.7 Å². The van der Waals surface area contributed by atoms with Gasteiger partial charge >= 0.3 is 0 Å². The average molecular weight is 266 g/mol. The Hall–Kier alpha value is -2.42. The maximum atomic E-state index is 11.9. The van der Waals surface area contributed by atoms with Crippen LogP contribution in [0, 0.1) is 0 Å². The molecule has 0 saturated heterocycles. The second-order valence-electron chi connectivity index (χ2n) is 3.29. The molecule has 2 rings (SSSR count). The van der Waals surface area contributed by atoms with E-state index in [1.54, 1.807) is 18.2 Å². The van der Waals surface area contributed by atoms with Crippen LogP contribution in [0.15, 0.2) is 35.2 Å². The normalized spacial score (nSPS) is 11.1. The van der Waals surface area contributed by atoms with Crippen LogP contribution >= 0.6 is 0 Å². The molecule has 0 atom stereocenters. The number of sulfonamides is 1. The number of hydrogen-bond donors (Lipinski definition) is 3. The van der Waals surface area contributed by atoms with E-state index in [9.17, 15) is 8.42 Å². The second kappa shape index (κ2) is 4.45. The van der Waals surface area contributed by atoms with Crippen molar-refractivity contribution in [2.75, 3.05) is 16.2 Å². The Morgan fingerprint density at radius 2 is 1.50 bits per heavy atom. The fraction of sp³-hybridized carbons (Fsp3) is 0. The Balaban J connectivity index is 2.34. The van der Waals surface area contributed by atoms with Crippen molar-refractivity contribution >= 4 is 27.9 Å². The number of hydrogen-bond acceptors (Lipinski definition) is 7. The standard InChI is InChI=1S/C9H10N6O2S/c10-7-12-8(11)14-9(13-7)15-18(16,17)6-4-2-1-3-5-6/h1-5H,(H5,10,11,12,13,14,15). The number of rotatable bonds is 3. The summed E-state index contributed by atoms with van der Waals surface area (Å²) in [6, 6.07) is 7.79. The summed E-state index contributed by atoms with van der Waals surface area (Å²) < 4.78 is 26.0. The second-order valence-corrected chi connectivity index (χ2v) is 4.98. The minimum atomic E-state index is -3.76. The first kappa shape index (κ1) is 12.0. The number of benzene rings is 1. The summed E-state index contributed by atoms with van der Waals surface area (Å²) in [4.78, 5) is 10.9. The van der Waals surface area contributed by atoms with Crippen LogP contribution in [0.4, 0.5) is 17.8 Å². The van der Waals surface area contributed by atoms with Crippen molar-refractivity contribution in [3.63, 3.8) is 0 Å². The van der Waals surface area contributed by atoms with Crippen molar-refractivity contribution < 1.29 is 8.42 Å². The molecule has 2 aromatic rings. The minimum absolute atomic E-state index is 0.0857. The molecule has 18 heavy (non-hydrogen) atoms. The maximum Gasteiger partial charge on any atom is 0.264 e. The number of nitrogens with one attached hydrogen (secondary N) is 1. The molecular formula is C9H10N6O2S. The molecule has 0 saturated carbocycles. The average Bonchev–Trinajstić information content (AvgIpc) is 2.28. The Labute approximate surface area is 103 Å². The summed E-state index contributed by atoms with van der Waals surface area (Å²) in [6.45, 7) is 0. The summed E-state index contributed by atoms with van der Waals surface area (Å²) in [6.07, 6.45) is 0. The van der Waals surface area contributed by atoms with Crippen molar-refractivity contribution in [2.24, 2.45) is 0 Å². The van der Waals surface area contributed by atoms with Gasteiger partial charge < -0.3 is 11.5 Å². The van der Waals surface area contributed by atoms with Crippen molar-refractivity contribution in [1.29, 1.82) is 0 Å². The van der Waals surface area contributed by atoms with E-state index in [0.29, 0.717) is 0 Å². The highest BCUT2D eigenvalue weighted by Gasteiger charge is 2.15. The third-order valence-corrected chi connectivity index (χ3v) is 3.29. The first-order valence-electron chi connectivity index (χ1n) is 4.82. The van der Waals surface area contributed by atoms with Crippen LogP contribution in [0.3, 0.4) is 0 Å². The van der Waals surface area contributed by atoms with E-state index in [1.165, 1.54) is 12.1 Å². The fourth-order valence-corrected chi connectivity index (χ4v) is 2.20. The zero-order valence-corrected chi connectivity index (χ0v) is 9.92. The van der Waals surface area contributed by atoms with Gasteiger partial charge in [0, 0.05) is 0 Å². The Bertz CT molecular complexity index is 638. The first-order chi connectivity index (χ1) is 8.47. The topological polar surface area (TPSA) is 137 Å². The molecule has 1 aromatic heterocycles. The molecular weight excluding hydrogens is 256 g/mol.